The third-order valence-corrected chi connectivity index (χ3v) is 5.04. The lowest BCUT2D eigenvalue weighted by atomic mass is 10.0. The molecule has 0 spiro atoms. The van der Waals surface area contributed by atoms with E-state index in [2.05, 4.69) is 25.9 Å². The molecule has 0 aliphatic rings. The van der Waals surface area contributed by atoms with Crippen molar-refractivity contribution in [3.05, 3.63) is 54.1 Å². The van der Waals surface area contributed by atoms with Crippen molar-refractivity contribution < 1.29 is 29.4 Å². The van der Waals surface area contributed by atoms with Crippen molar-refractivity contribution in [2.24, 2.45) is 5.73 Å². The molecule has 0 aliphatic heterocycles. The van der Waals surface area contributed by atoms with Gasteiger partial charge in [-0.15, -0.1) is 0 Å². The van der Waals surface area contributed by atoms with E-state index in [9.17, 15) is 24.3 Å². The van der Waals surface area contributed by atoms with Gasteiger partial charge in [-0.25, -0.2) is 4.98 Å². The molecule has 0 radical (unpaired) electrons. The highest BCUT2D eigenvalue weighted by Gasteiger charge is 2.32. The molecule has 0 saturated heterocycles. The van der Waals surface area contributed by atoms with E-state index in [1.807, 2.05) is 30.3 Å². The van der Waals surface area contributed by atoms with Crippen molar-refractivity contribution in [3.8, 4) is 0 Å². The Morgan fingerprint density at radius 2 is 1.68 bits per heavy atom. The molecule has 0 saturated carbocycles. The molecular weight excluding hydrogens is 444 g/mol. The van der Waals surface area contributed by atoms with Gasteiger partial charge in [0, 0.05) is 18.3 Å². The van der Waals surface area contributed by atoms with Crippen molar-refractivity contribution in [1.29, 1.82) is 0 Å². The molecule has 12 heteroatoms. The molecule has 5 atom stereocenters. The third kappa shape index (κ3) is 7.98. The van der Waals surface area contributed by atoms with E-state index in [0.717, 1.165) is 5.56 Å². The van der Waals surface area contributed by atoms with Gasteiger partial charge in [0.15, 0.2) is 0 Å². The highest BCUT2D eigenvalue weighted by Crippen LogP contribution is 2.05. The van der Waals surface area contributed by atoms with E-state index in [-0.39, 0.29) is 12.8 Å². The minimum Gasteiger partial charge on any atom is -0.480 e. The largest absolute Gasteiger partial charge is 0.480 e. The number of aromatic nitrogens is 2. The number of carbonyl (C=O) groups excluding carboxylic acids is 3. The van der Waals surface area contributed by atoms with Crippen molar-refractivity contribution in [1.82, 2.24) is 25.9 Å². The van der Waals surface area contributed by atoms with E-state index < -0.39 is 54.0 Å². The van der Waals surface area contributed by atoms with Crippen molar-refractivity contribution in [2.75, 3.05) is 0 Å². The number of carboxylic acids is 1. The summed E-state index contributed by atoms with van der Waals surface area (Å²) in [7, 11) is 0. The number of H-pyrrole nitrogens is 1. The van der Waals surface area contributed by atoms with Crippen LogP contribution in [0.15, 0.2) is 42.9 Å². The van der Waals surface area contributed by atoms with E-state index in [0.29, 0.717) is 5.69 Å². The van der Waals surface area contributed by atoms with Gasteiger partial charge in [0.25, 0.3) is 0 Å². The lowest BCUT2D eigenvalue weighted by molar-refractivity contribution is -0.142. The van der Waals surface area contributed by atoms with Gasteiger partial charge in [-0.3, -0.25) is 19.2 Å². The minimum absolute atomic E-state index is 0.00923. The second kappa shape index (κ2) is 12.5. The summed E-state index contributed by atoms with van der Waals surface area (Å²) in [5.74, 6) is -3.51. The van der Waals surface area contributed by atoms with Gasteiger partial charge in [-0.1, -0.05) is 30.3 Å². The van der Waals surface area contributed by atoms with Crippen LogP contribution in [0.4, 0.5) is 0 Å². The van der Waals surface area contributed by atoms with Gasteiger partial charge < -0.3 is 36.9 Å². The van der Waals surface area contributed by atoms with Crippen LogP contribution in [0.1, 0.15) is 25.1 Å². The van der Waals surface area contributed by atoms with Crippen molar-refractivity contribution >= 4 is 23.7 Å². The number of carboxylic acid groups (broad SMARTS) is 1. The van der Waals surface area contributed by atoms with Crippen LogP contribution < -0.4 is 21.7 Å². The molecular formula is C22H30N6O6. The van der Waals surface area contributed by atoms with Crippen molar-refractivity contribution in [2.45, 2.75) is 57.0 Å². The van der Waals surface area contributed by atoms with Crippen LogP contribution in [0.25, 0.3) is 0 Å². The number of nitrogens with one attached hydrogen (secondary N) is 4. The second-order valence-electron chi connectivity index (χ2n) is 7.93. The second-order valence-corrected chi connectivity index (χ2v) is 7.93. The number of amides is 3. The first-order valence-corrected chi connectivity index (χ1v) is 10.7. The van der Waals surface area contributed by atoms with Gasteiger partial charge in [0.1, 0.15) is 18.1 Å². The Bertz CT molecular complexity index is 966. The number of aliphatic hydroxyl groups is 1. The number of carbonyl (C=O) groups is 4. The van der Waals surface area contributed by atoms with Crippen LogP contribution in [-0.4, -0.2) is 74.1 Å². The normalized spacial score (nSPS) is 15.3. The Labute approximate surface area is 196 Å². The number of rotatable bonds is 12. The quantitative estimate of drug-likeness (QED) is 0.192. The first kappa shape index (κ1) is 26.5. The lowest BCUT2D eigenvalue weighted by Crippen LogP contribution is -2.60. The molecule has 5 unspecified atom stereocenters. The van der Waals surface area contributed by atoms with Crippen LogP contribution in [0.2, 0.25) is 0 Å². The fraction of sp³-hybridized carbons (Fsp3) is 0.409. The number of aliphatic carboxylic acids is 1. The number of aliphatic hydroxyl groups excluding tert-OH is 1. The van der Waals surface area contributed by atoms with Crippen LogP contribution in [0, 0.1) is 0 Å². The lowest BCUT2D eigenvalue weighted by Gasteiger charge is -2.26. The van der Waals surface area contributed by atoms with E-state index in [1.54, 1.807) is 0 Å². The summed E-state index contributed by atoms with van der Waals surface area (Å²) in [5, 5.41) is 26.2. The summed E-state index contributed by atoms with van der Waals surface area (Å²) in [6, 6.07) is 4.36. The fourth-order valence-electron chi connectivity index (χ4n) is 3.09. The maximum absolute atomic E-state index is 13.0. The van der Waals surface area contributed by atoms with Crippen LogP contribution in [-0.2, 0) is 32.0 Å². The zero-order chi connectivity index (χ0) is 25.3. The monoisotopic (exact) mass is 474 g/mol. The molecule has 2 rings (SSSR count). The number of benzene rings is 1. The summed E-state index contributed by atoms with van der Waals surface area (Å²) in [5.41, 5.74) is 7.41. The summed E-state index contributed by atoms with van der Waals surface area (Å²) in [4.78, 5) is 55.9. The van der Waals surface area contributed by atoms with E-state index >= 15 is 0 Å². The number of hydrogen-bond acceptors (Lipinski definition) is 7. The fourth-order valence-corrected chi connectivity index (χ4v) is 3.09. The topological polar surface area (TPSA) is 200 Å². The summed E-state index contributed by atoms with van der Waals surface area (Å²) < 4.78 is 0. The molecule has 0 aliphatic carbocycles. The first-order valence-electron chi connectivity index (χ1n) is 10.7. The predicted molar refractivity (Wildman–Crippen MR) is 121 cm³/mol. The third-order valence-electron chi connectivity index (χ3n) is 5.04. The van der Waals surface area contributed by atoms with Crippen molar-refractivity contribution in [3.63, 3.8) is 0 Å². The maximum Gasteiger partial charge on any atom is 0.325 e. The predicted octanol–water partition coefficient (Wildman–Crippen LogP) is -1.54. The Morgan fingerprint density at radius 1 is 1.00 bits per heavy atom. The van der Waals surface area contributed by atoms with Crippen LogP contribution in [0.3, 0.4) is 0 Å². The zero-order valence-corrected chi connectivity index (χ0v) is 18.9. The highest BCUT2D eigenvalue weighted by molar-refractivity contribution is 5.94. The summed E-state index contributed by atoms with van der Waals surface area (Å²) >= 11 is 0. The molecule has 12 nitrogen and oxygen atoms in total. The Balaban J connectivity index is 2.13. The number of hydrogen-bond donors (Lipinski definition) is 7. The number of nitrogens with two attached hydrogens (primary N) is 1. The SMILES string of the molecule is CC(NC(=O)C(NC(=O)C(Cc1cnc[nH]1)NC(=O)C(N)Cc1ccccc1)C(C)O)C(=O)O. The van der Waals surface area contributed by atoms with Gasteiger partial charge >= 0.3 is 5.97 Å². The summed E-state index contributed by atoms with van der Waals surface area (Å²) in [6.45, 7) is 2.52. The van der Waals surface area contributed by atoms with Gasteiger partial charge in [-0.05, 0) is 25.8 Å². The van der Waals surface area contributed by atoms with Gasteiger partial charge in [-0.2, -0.15) is 0 Å². The van der Waals surface area contributed by atoms with E-state index in [4.69, 9.17) is 10.8 Å². The molecule has 1 aromatic carbocycles. The molecule has 2 aromatic rings. The molecule has 0 bridgehead atoms. The molecule has 0 fully saturated rings. The zero-order valence-electron chi connectivity index (χ0n) is 18.9. The van der Waals surface area contributed by atoms with Crippen LogP contribution >= 0.6 is 0 Å². The van der Waals surface area contributed by atoms with Gasteiger partial charge in [0.05, 0.1) is 18.5 Å². The number of aromatic amines is 1. The molecule has 1 heterocycles. The average molecular weight is 475 g/mol. The standard InChI is InChI=1S/C22H30N6O6/c1-12(22(33)34)26-21(32)18(13(2)29)28-20(31)17(9-15-10-24-11-25-15)27-19(30)16(23)8-14-6-4-3-5-7-14/h3-7,10-13,16-18,29H,8-9,23H2,1-2H3,(H,24,25)(H,26,32)(H,27,30)(H,28,31)(H,33,34). The summed E-state index contributed by atoms with van der Waals surface area (Å²) in [6.07, 6.45) is 1.80. The number of imidazole rings is 1. The Hall–Kier alpha value is -3.77. The van der Waals surface area contributed by atoms with E-state index in [1.165, 1.54) is 26.4 Å². The molecule has 1 aromatic heterocycles. The average Bonchev–Trinajstić information content (AvgIpc) is 3.30. The Morgan fingerprint density at radius 3 is 2.24 bits per heavy atom. The first-order chi connectivity index (χ1) is 16.1. The smallest absolute Gasteiger partial charge is 0.325 e. The molecule has 3 amide bonds. The maximum atomic E-state index is 13.0. The minimum atomic E-state index is -1.45. The van der Waals surface area contributed by atoms with Crippen LogP contribution in [0.5, 0.6) is 0 Å². The Kier molecular flexibility index (Phi) is 9.71. The number of nitrogens with zero attached hydrogens (tertiary/aromatic N) is 1. The molecule has 184 valence electrons. The highest BCUT2D eigenvalue weighted by atomic mass is 16.4. The van der Waals surface area contributed by atoms with Gasteiger partial charge in [0.2, 0.25) is 17.7 Å². The molecule has 8 N–H and O–H groups in total. The molecule has 34 heavy (non-hydrogen) atoms.